The number of H-pyrrole nitrogens is 2. The fraction of sp³-hybridized carbons (Fsp3) is 0.491. The molecule has 7 atom stereocenters. The Bertz CT molecular complexity index is 2820. The summed E-state index contributed by atoms with van der Waals surface area (Å²) in [6, 6.07) is 6.80. The minimum absolute atomic E-state index is 0.00521. The number of guanidine groups is 1. The zero-order valence-electron chi connectivity index (χ0n) is 46.2. The van der Waals surface area contributed by atoms with Gasteiger partial charge in [0.25, 0.3) is 0 Å². The molecule has 0 radical (unpaired) electrons. The quantitative estimate of drug-likeness (QED) is 0.0297. The predicted molar refractivity (Wildman–Crippen MR) is 300 cm³/mol. The van der Waals surface area contributed by atoms with Crippen molar-refractivity contribution in [1.82, 2.24) is 62.8 Å². The van der Waals surface area contributed by atoms with Crippen LogP contribution in [0.2, 0.25) is 0 Å². The molecule has 0 unspecified atom stereocenters. The summed E-state index contributed by atoms with van der Waals surface area (Å²) >= 11 is 0. The lowest BCUT2D eigenvalue weighted by atomic mass is 9.98. The van der Waals surface area contributed by atoms with Gasteiger partial charge in [-0.1, -0.05) is 82.6 Å². The number of nitrogens with one attached hydrogen (secondary N) is 11. The van der Waals surface area contributed by atoms with Crippen LogP contribution in [0.4, 0.5) is 0 Å². The zero-order valence-corrected chi connectivity index (χ0v) is 46.2. The van der Waals surface area contributed by atoms with Crippen LogP contribution >= 0.6 is 0 Å². The Labute approximate surface area is 469 Å². The summed E-state index contributed by atoms with van der Waals surface area (Å²) in [6.45, 7) is 6.41. The Hall–Kier alpha value is -8.84. The van der Waals surface area contributed by atoms with Crippen LogP contribution in [0, 0.1) is 11.8 Å². The van der Waals surface area contributed by atoms with Crippen molar-refractivity contribution in [2.75, 3.05) is 19.6 Å². The maximum absolute atomic E-state index is 15.0. The number of primary amides is 1. The molecule has 1 saturated heterocycles. The van der Waals surface area contributed by atoms with E-state index >= 15 is 0 Å². The van der Waals surface area contributed by atoms with Crippen LogP contribution in [0.3, 0.4) is 0 Å². The summed E-state index contributed by atoms with van der Waals surface area (Å²) in [5, 5.41) is 25.2. The van der Waals surface area contributed by atoms with Crippen molar-refractivity contribution in [3.8, 4) is 0 Å². The number of nitrogens with zero attached hydrogens (tertiary/aromatic N) is 2. The lowest BCUT2D eigenvalue weighted by molar-refractivity contribution is -0.136. The molecule has 2 aromatic carbocycles. The number of aliphatic imine (C=N–C) groups is 1. The Morgan fingerprint density at radius 1 is 0.667 bits per heavy atom. The molecule has 26 heteroatoms. The van der Waals surface area contributed by atoms with Crippen LogP contribution in [-0.4, -0.2) is 142 Å². The van der Waals surface area contributed by atoms with Gasteiger partial charge in [0.1, 0.15) is 42.3 Å². The van der Waals surface area contributed by atoms with Crippen LogP contribution in [0.25, 0.3) is 10.9 Å². The van der Waals surface area contributed by atoms with Crippen molar-refractivity contribution in [2.24, 2.45) is 34.0 Å². The highest BCUT2D eigenvalue weighted by molar-refractivity contribution is 5.99. The fourth-order valence-corrected chi connectivity index (χ4v) is 9.04. The van der Waals surface area contributed by atoms with Crippen molar-refractivity contribution < 1.29 is 47.9 Å². The number of aromatic amines is 2. The van der Waals surface area contributed by atoms with E-state index in [1.165, 1.54) is 12.5 Å². The molecule has 26 nitrogen and oxygen atoms in total. The van der Waals surface area contributed by atoms with E-state index in [1.54, 1.807) is 70.3 Å². The van der Waals surface area contributed by atoms with Crippen molar-refractivity contribution in [1.29, 1.82) is 0 Å². The van der Waals surface area contributed by atoms with Gasteiger partial charge in [0.05, 0.1) is 12.9 Å². The van der Waals surface area contributed by atoms with E-state index in [9.17, 15) is 47.9 Å². The highest BCUT2D eigenvalue weighted by Crippen LogP contribution is 2.20. The normalized spacial score (nSPS) is 20.2. The maximum Gasteiger partial charge on any atom is 0.243 e. The first-order valence-corrected chi connectivity index (χ1v) is 27.2. The number of hydrogen-bond donors (Lipinski definition) is 14. The molecule has 1 fully saturated rings. The molecule has 10 amide bonds. The monoisotopic (exact) mass is 1120 g/mol. The van der Waals surface area contributed by atoms with Crippen molar-refractivity contribution in [3.63, 3.8) is 0 Å². The number of hydrogen-bond acceptors (Lipinski definition) is 12. The fourth-order valence-electron chi connectivity index (χ4n) is 9.04. The topological polar surface area (TPSA) is 414 Å². The summed E-state index contributed by atoms with van der Waals surface area (Å²) < 4.78 is 0. The zero-order chi connectivity index (χ0) is 59.0. The van der Waals surface area contributed by atoms with Gasteiger partial charge in [-0.2, -0.15) is 0 Å². The number of nitrogens with two attached hydrogens (primary N) is 3. The second kappa shape index (κ2) is 31.7. The van der Waals surface area contributed by atoms with Gasteiger partial charge in [-0.25, -0.2) is 4.98 Å². The lowest BCUT2D eigenvalue weighted by Crippen LogP contribution is -2.61. The molecule has 1 aliphatic rings. The number of carbonyl (C=O) groups excluding carboxylic acids is 10. The number of para-hydroxylation sites is 1. The molecular formula is C55H78N16O10. The van der Waals surface area contributed by atoms with Crippen molar-refractivity contribution in [2.45, 2.75) is 141 Å². The average molecular weight is 1120 g/mol. The van der Waals surface area contributed by atoms with E-state index in [2.05, 4.69) is 67.8 Å². The summed E-state index contributed by atoms with van der Waals surface area (Å²) in [7, 11) is 0. The van der Waals surface area contributed by atoms with Gasteiger partial charge >= 0.3 is 0 Å². The molecule has 1 aliphatic heterocycles. The van der Waals surface area contributed by atoms with E-state index in [0.29, 0.717) is 41.5 Å². The van der Waals surface area contributed by atoms with E-state index in [1.807, 2.05) is 18.2 Å². The third-order valence-corrected chi connectivity index (χ3v) is 13.5. The first-order valence-electron chi connectivity index (χ1n) is 27.2. The largest absolute Gasteiger partial charge is 0.370 e. The number of imidazole rings is 1. The van der Waals surface area contributed by atoms with Gasteiger partial charge in [-0.05, 0) is 61.1 Å². The Kier molecular flexibility index (Phi) is 24.6. The van der Waals surface area contributed by atoms with Gasteiger partial charge in [-0.15, -0.1) is 0 Å². The van der Waals surface area contributed by atoms with Gasteiger partial charge < -0.3 is 75.0 Å². The van der Waals surface area contributed by atoms with Gasteiger partial charge in [0, 0.05) is 74.2 Å². The highest BCUT2D eigenvalue weighted by Gasteiger charge is 2.36. The number of aromatic nitrogens is 3. The number of carbonyl (C=O) groups is 10. The number of rotatable bonds is 19. The van der Waals surface area contributed by atoms with Gasteiger partial charge in [0.2, 0.25) is 59.1 Å². The molecule has 3 heterocycles. The summed E-state index contributed by atoms with van der Waals surface area (Å²) in [6.07, 6.45) is 5.28. The van der Waals surface area contributed by atoms with E-state index in [-0.39, 0.29) is 70.4 Å². The Morgan fingerprint density at radius 3 is 1.96 bits per heavy atom. The van der Waals surface area contributed by atoms with E-state index in [0.717, 1.165) is 5.52 Å². The van der Waals surface area contributed by atoms with Crippen molar-refractivity contribution in [3.05, 3.63) is 90.1 Å². The lowest BCUT2D eigenvalue weighted by Gasteiger charge is -2.29. The molecular weight excluding hydrogens is 1040 g/mol. The van der Waals surface area contributed by atoms with Crippen molar-refractivity contribution >= 4 is 75.9 Å². The summed E-state index contributed by atoms with van der Waals surface area (Å²) in [5.74, 6) is -8.49. The molecule has 438 valence electrons. The molecule has 81 heavy (non-hydrogen) atoms. The third-order valence-electron chi connectivity index (χ3n) is 13.5. The minimum atomic E-state index is -1.50. The highest BCUT2D eigenvalue weighted by atomic mass is 16.2. The van der Waals surface area contributed by atoms with Gasteiger partial charge in [-0.3, -0.25) is 52.9 Å². The number of benzene rings is 2. The molecule has 0 saturated carbocycles. The average Bonchev–Trinajstić information content (AvgIpc) is 4.17. The standard InChI is InChI=1S/C55H78N16O10/c1-31(2)46(53(80)63-29-43(56)72)71-54(81)47(32(3)4)70-49(76)39-20-21-44(73)60-22-12-6-9-19-45(74)65-42(26-35-28-59-30-64-35)52(79)68-40(24-33-14-7-5-8-15-33)50(77)66-38(18-13-23-61-55(57)58)48(75)69-41(51(78)67-39)25-34-27-62-37-17-11-10-16-36(34)37/h5,7-8,10-11,14-17,27-28,30-32,38-42,46-47,62H,6,9,12-13,18-26,29H2,1-4H3,(H2,56,72)(H,59,64)(H,60,73)(H,63,80)(H,65,74)(H,66,77)(H,67,78)(H,68,79)(H,69,75)(H,70,76)(H,71,81)(H4,57,58,61)/t38-,39-,40-,41-,42-,46-,47-/m0/s1. The second-order valence-corrected chi connectivity index (χ2v) is 20.7. The molecule has 2 aromatic heterocycles. The van der Waals surface area contributed by atoms with Crippen LogP contribution in [0.15, 0.2) is 78.3 Å². The first-order chi connectivity index (χ1) is 38.7. The van der Waals surface area contributed by atoms with E-state index < -0.39 is 120 Å². The molecule has 0 bridgehead atoms. The number of amides is 10. The van der Waals surface area contributed by atoms with Crippen LogP contribution in [0.1, 0.15) is 95.9 Å². The second-order valence-electron chi connectivity index (χ2n) is 20.7. The molecule has 5 rings (SSSR count). The molecule has 0 spiro atoms. The smallest absolute Gasteiger partial charge is 0.243 e. The molecule has 0 aliphatic carbocycles. The van der Waals surface area contributed by atoms with Gasteiger partial charge in [0.15, 0.2) is 5.96 Å². The molecule has 17 N–H and O–H groups in total. The van der Waals surface area contributed by atoms with E-state index in [4.69, 9.17) is 17.2 Å². The third kappa shape index (κ3) is 20.7. The minimum Gasteiger partial charge on any atom is -0.370 e. The van der Waals surface area contributed by atoms with Crippen LogP contribution < -0.4 is 65.1 Å². The Balaban J connectivity index is 1.53. The number of fused-ring (bicyclic) bond motifs is 1. The summed E-state index contributed by atoms with van der Waals surface area (Å²) in [4.78, 5) is 153. The van der Waals surface area contributed by atoms with Crippen LogP contribution in [-0.2, 0) is 67.2 Å². The molecule has 4 aromatic rings. The maximum atomic E-state index is 15.0. The SMILES string of the molecule is CC(C)[C@H](NC(=O)[C@@H]1CCC(=O)NCCCCCC(=O)N[C@@H](Cc2cnc[nH]2)C(=O)N[C@@H](Cc2ccccc2)C(=O)N[C@@H](CCCN=C(N)N)C(=O)N[C@@H](Cc2c[nH]c3ccccc23)C(=O)N1)C(=O)N[C@H](C(=O)NCC(N)=O)C(C)C. The first kappa shape index (κ1) is 63.0. The van der Waals surface area contributed by atoms with Crippen LogP contribution in [0.5, 0.6) is 0 Å². The summed E-state index contributed by atoms with van der Waals surface area (Å²) in [5.41, 5.74) is 19.0. The predicted octanol–water partition coefficient (Wildman–Crippen LogP) is -1.25. The Morgan fingerprint density at radius 2 is 1.30 bits per heavy atom.